The SMILES string of the molecule is O=C(NC1CC1)c1ccc(Cl)cc1Cl. The largest absolute Gasteiger partial charge is 0.349 e. The minimum atomic E-state index is -0.117. The first-order valence-corrected chi connectivity index (χ1v) is 5.18. The third kappa shape index (κ3) is 2.20. The van der Waals surface area contributed by atoms with Gasteiger partial charge in [-0.3, -0.25) is 4.79 Å². The second kappa shape index (κ2) is 3.79. The lowest BCUT2D eigenvalue weighted by Crippen LogP contribution is -2.25. The van der Waals surface area contributed by atoms with Gasteiger partial charge in [-0.05, 0) is 31.0 Å². The molecular weight excluding hydrogens is 221 g/mol. The number of amides is 1. The Hall–Kier alpha value is -0.730. The summed E-state index contributed by atoms with van der Waals surface area (Å²) in [5, 5.41) is 3.80. The summed E-state index contributed by atoms with van der Waals surface area (Å²) in [6.07, 6.45) is 2.13. The predicted octanol–water partition coefficient (Wildman–Crippen LogP) is 2.89. The van der Waals surface area contributed by atoms with Crippen molar-refractivity contribution in [2.24, 2.45) is 0 Å². The molecule has 0 aromatic heterocycles. The zero-order valence-corrected chi connectivity index (χ0v) is 8.90. The minimum absolute atomic E-state index is 0.117. The maximum Gasteiger partial charge on any atom is 0.253 e. The van der Waals surface area contributed by atoms with E-state index in [2.05, 4.69) is 5.32 Å². The summed E-state index contributed by atoms with van der Waals surface area (Å²) in [5.74, 6) is -0.117. The van der Waals surface area contributed by atoms with Crippen LogP contribution in [0.15, 0.2) is 18.2 Å². The number of carbonyl (C=O) groups excluding carboxylic acids is 1. The van der Waals surface area contributed by atoms with Gasteiger partial charge in [0.2, 0.25) is 0 Å². The van der Waals surface area contributed by atoms with Gasteiger partial charge in [0.25, 0.3) is 5.91 Å². The monoisotopic (exact) mass is 229 g/mol. The van der Waals surface area contributed by atoms with Gasteiger partial charge >= 0.3 is 0 Å². The highest BCUT2D eigenvalue weighted by Crippen LogP contribution is 2.23. The molecule has 2 rings (SSSR count). The van der Waals surface area contributed by atoms with Gasteiger partial charge in [0.1, 0.15) is 0 Å². The van der Waals surface area contributed by atoms with Gasteiger partial charge in [-0.1, -0.05) is 23.2 Å². The van der Waals surface area contributed by atoms with E-state index >= 15 is 0 Å². The van der Waals surface area contributed by atoms with Crippen molar-refractivity contribution >= 4 is 29.1 Å². The molecule has 14 heavy (non-hydrogen) atoms. The molecule has 0 saturated heterocycles. The number of hydrogen-bond acceptors (Lipinski definition) is 1. The van der Waals surface area contributed by atoms with E-state index in [0.717, 1.165) is 12.8 Å². The molecule has 1 fully saturated rings. The van der Waals surface area contributed by atoms with Crippen LogP contribution in [0, 0.1) is 0 Å². The topological polar surface area (TPSA) is 29.1 Å². The van der Waals surface area contributed by atoms with Gasteiger partial charge in [-0.25, -0.2) is 0 Å². The van der Waals surface area contributed by atoms with Gasteiger partial charge in [0, 0.05) is 11.1 Å². The van der Waals surface area contributed by atoms with Crippen LogP contribution in [-0.2, 0) is 0 Å². The number of benzene rings is 1. The maximum atomic E-state index is 11.6. The lowest BCUT2D eigenvalue weighted by atomic mass is 10.2. The van der Waals surface area contributed by atoms with Crippen LogP contribution in [0.3, 0.4) is 0 Å². The van der Waals surface area contributed by atoms with Crippen LogP contribution in [0.2, 0.25) is 10.0 Å². The van der Waals surface area contributed by atoms with Crippen molar-refractivity contribution in [2.45, 2.75) is 18.9 Å². The second-order valence-corrected chi connectivity index (χ2v) is 4.22. The molecule has 74 valence electrons. The van der Waals surface area contributed by atoms with E-state index in [4.69, 9.17) is 23.2 Å². The molecule has 1 aromatic rings. The lowest BCUT2D eigenvalue weighted by Gasteiger charge is -2.05. The smallest absolute Gasteiger partial charge is 0.253 e. The van der Waals surface area contributed by atoms with Gasteiger partial charge in [-0.15, -0.1) is 0 Å². The number of hydrogen-bond donors (Lipinski definition) is 1. The molecule has 1 aliphatic rings. The van der Waals surface area contributed by atoms with Crippen LogP contribution in [-0.4, -0.2) is 11.9 Å². The molecule has 0 radical (unpaired) electrons. The summed E-state index contributed by atoms with van der Waals surface area (Å²) in [5.41, 5.74) is 0.489. The number of rotatable bonds is 2. The Morgan fingerprint density at radius 2 is 2.07 bits per heavy atom. The van der Waals surface area contributed by atoms with Crippen LogP contribution < -0.4 is 5.32 Å². The fraction of sp³-hybridized carbons (Fsp3) is 0.300. The number of carbonyl (C=O) groups is 1. The summed E-state index contributed by atoms with van der Waals surface area (Å²) < 4.78 is 0. The van der Waals surface area contributed by atoms with Crippen LogP contribution in [0.5, 0.6) is 0 Å². The Morgan fingerprint density at radius 1 is 1.36 bits per heavy atom. The molecule has 0 bridgehead atoms. The fourth-order valence-electron chi connectivity index (χ4n) is 1.16. The molecule has 1 amide bonds. The van der Waals surface area contributed by atoms with Crippen LogP contribution in [0.4, 0.5) is 0 Å². The van der Waals surface area contributed by atoms with Gasteiger partial charge in [-0.2, -0.15) is 0 Å². The molecule has 0 unspecified atom stereocenters. The summed E-state index contributed by atoms with van der Waals surface area (Å²) in [6.45, 7) is 0. The van der Waals surface area contributed by atoms with Crippen molar-refractivity contribution in [3.8, 4) is 0 Å². The summed E-state index contributed by atoms with van der Waals surface area (Å²) >= 11 is 11.6. The first-order valence-electron chi connectivity index (χ1n) is 4.43. The first kappa shape index (κ1) is 9.81. The van der Waals surface area contributed by atoms with E-state index in [-0.39, 0.29) is 5.91 Å². The quantitative estimate of drug-likeness (QED) is 0.831. The zero-order valence-electron chi connectivity index (χ0n) is 7.39. The highest BCUT2D eigenvalue weighted by atomic mass is 35.5. The Labute approximate surface area is 92.2 Å². The highest BCUT2D eigenvalue weighted by Gasteiger charge is 2.24. The van der Waals surface area contributed by atoms with Crippen molar-refractivity contribution < 1.29 is 4.79 Å². The molecule has 0 atom stereocenters. The first-order chi connectivity index (χ1) is 6.66. The highest BCUT2D eigenvalue weighted by molar-refractivity contribution is 6.36. The summed E-state index contributed by atoms with van der Waals surface area (Å²) in [4.78, 5) is 11.6. The molecule has 1 aromatic carbocycles. The average molecular weight is 230 g/mol. The Morgan fingerprint density at radius 3 is 2.64 bits per heavy atom. The lowest BCUT2D eigenvalue weighted by molar-refractivity contribution is 0.0951. The maximum absolute atomic E-state index is 11.6. The molecule has 0 aliphatic heterocycles. The van der Waals surface area contributed by atoms with Crippen LogP contribution in [0.25, 0.3) is 0 Å². The molecule has 0 heterocycles. The standard InChI is InChI=1S/C10H9Cl2NO/c11-6-1-4-8(9(12)5-6)10(14)13-7-2-3-7/h1,4-5,7H,2-3H2,(H,13,14). The fourth-order valence-corrected chi connectivity index (χ4v) is 1.66. The van der Waals surface area contributed by atoms with Crippen LogP contribution >= 0.6 is 23.2 Å². The summed E-state index contributed by atoms with van der Waals surface area (Å²) in [7, 11) is 0. The number of halogens is 2. The number of nitrogens with one attached hydrogen (secondary N) is 1. The van der Waals surface area contributed by atoms with Crippen molar-refractivity contribution in [1.29, 1.82) is 0 Å². The summed E-state index contributed by atoms with van der Waals surface area (Å²) in [6, 6.07) is 5.22. The Bertz CT molecular complexity index is 374. The van der Waals surface area contributed by atoms with Crippen molar-refractivity contribution in [2.75, 3.05) is 0 Å². The van der Waals surface area contributed by atoms with Gasteiger partial charge in [0.15, 0.2) is 0 Å². The molecular formula is C10H9Cl2NO. The van der Waals surface area contributed by atoms with Crippen molar-refractivity contribution in [1.82, 2.24) is 5.32 Å². The molecule has 1 N–H and O–H groups in total. The molecule has 1 aliphatic carbocycles. The van der Waals surface area contributed by atoms with E-state index in [1.165, 1.54) is 0 Å². The van der Waals surface area contributed by atoms with Gasteiger partial charge < -0.3 is 5.32 Å². The Balaban J connectivity index is 2.17. The third-order valence-corrected chi connectivity index (χ3v) is 2.64. The molecule has 4 heteroatoms. The molecule has 2 nitrogen and oxygen atoms in total. The van der Waals surface area contributed by atoms with E-state index in [0.29, 0.717) is 21.7 Å². The van der Waals surface area contributed by atoms with Gasteiger partial charge in [0.05, 0.1) is 10.6 Å². The van der Waals surface area contributed by atoms with Crippen molar-refractivity contribution in [3.05, 3.63) is 33.8 Å². The average Bonchev–Trinajstić information content (AvgIpc) is 2.87. The molecule has 1 saturated carbocycles. The van der Waals surface area contributed by atoms with Crippen molar-refractivity contribution in [3.63, 3.8) is 0 Å². The molecule has 0 spiro atoms. The minimum Gasteiger partial charge on any atom is -0.349 e. The Kier molecular flexibility index (Phi) is 2.66. The third-order valence-electron chi connectivity index (χ3n) is 2.09. The van der Waals surface area contributed by atoms with E-state index in [1.54, 1.807) is 18.2 Å². The van der Waals surface area contributed by atoms with Crippen LogP contribution in [0.1, 0.15) is 23.2 Å². The van der Waals surface area contributed by atoms with E-state index in [1.807, 2.05) is 0 Å². The van der Waals surface area contributed by atoms with E-state index < -0.39 is 0 Å². The second-order valence-electron chi connectivity index (χ2n) is 3.37. The zero-order chi connectivity index (χ0) is 10.1. The normalized spacial score (nSPS) is 15.3. The predicted molar refractivity (Wildman–Crippen MR) is 57.0 cm³/mol. The van der Waals surface area contributed by atoms with E-state index in [9.17, 15) is 4.79 Å².